The Morgan fingerprint density at radius 3 is 2.38 bits per heavy atom. The van der Waals surface area contributed by atoms with Gasteiger partial charge in [0.15, 0.2) is 0 Å². The molecular formula is C19H24N2O4S. The Morgan fingerprint density at radius 1 is 1.04 bits per heavy atom. The molecule has 0 bridgehead atoms. The highest BCUT2D eigenvalue weighted by molar-refractivity contribution is 7.89. The number of hydrogen-bond acceptors (Lipinski definition) is 4. The second-order valence-corrected chi connectivity index (χ2v) is 7.81. The van der Waals surface area contributed by atoms with Crippen LogP contribution in [0.25, 0.3) is 0 Å². The second kappa shape index (κ2) is 8.82. The van der Waals surface area contributed by atoms with Crippen LogP contribution in [0.2, 0.25) is 0 Å². The van der Waals surface area contributed by atoms with Crippen LogP contribution in [0.1, 0.15) is 16.7 Å². The van der Waals surface area contributed by atoms with Crippen LogP contribution < -0.4 is 14.8 Å². The van der Waals surface area contributed by atoms with Gasteiger partial charge in [0, 0.05) is 13.1 Å². The van der Waals surface area contributed by atoms with E-state index in [-0.39, 0.29) is 30.3 Å². The molecule has 0 aliphatic rings. The first kappa shape index (κ1) is 19.9. The molecule has 2 N–H and O–H groups in total. The van der Waals surface area contributed by atoms with Crippen molar-refractivity contribution >= 4 is 15.9 Å². The fourth-order valence-corrected chi connectivity index (χ4v) is 3.44. The van der Waals surface area contributed by atoms with Gasteiger partial charge >= 0.3 is 0 Å². The normalized spacial score (nSPS) is 11.2. The van der Waals surface area contributed by atoms with Crippen molar-refractivity contribution in [3.8, 4) is 5.75 Å². The molecule has 0 atom stereocenters. The molecule has 0 heterocycles. The Morgan fingerprint density at radius 2 is 1.73 bits per heavy atom. The molecule has 2 aromatic rings. The Balaban J connectivity index is 1.80. The maximum atomic E-state index is 12.1. The highest BCUT2D eigenvalue weighted by Crippen LogP contribution is 2.19. The minimum atomic E-state index is -3.57. The van der Waals surface area contributed by atoms with Gasteiger partial charge in [0.05, 0.1) is 18.4 Å². The van der Waals surface area contributed by atoms with Crippen molar-refractivity contribution in [1.29, 1.82) is 0 Å². The number of methoxy groups -OCH3 is 1. The van der Waals surface area contributed by atoms with Crippen LogP contribution in [0.3, 0.4) is 0 Å². The van der Waals surface area contributed by atoms with E-state index >= 15 is 0 Å². The third-order valence-corrected chi connectivity index (χ3v) is 5.38. The van der Waals surface area contributed by atoms with Crippen molar-refractivity contribution in [3.05, 3.63) is 59.2 Å². The minimum absolute atomic E-state index is 0.124. The zero-order chi connectivity index (χ0) is 19.2. The maximum absolute atomic E-state index is 12.1. The largest absolute Gasteiger partial charge is 0.496 e. The van der Waals surface area contributed by atoms with Gasteiger partial charge in [-0.25, -0.2) is 13.1 Å². The summed E-state index contributed by atoms with van der Waals surface area (Å²) in [6, 6.07) is 12.2. The summed E-state index contributed by atoms with van der Waals surface area (Å²) < 4.78 is 32.0. The first-order valence-corrected chi connectivity index (χ1v) is 9.76. The predicted molar refractivity (Wildman–Crippen MR) is 101 cm³/mol. The minimum Gasteiger partial charge on any atom is -0.496 e. The van der Waals surface area contributed by atoms with E-state index in [1.54, 1.807) is 31.4 Å². The molecular weight excluding hydrogens is 352 g/mol. The molecule has 2 aromatic carbocycles. The molecule has 0 spiro atoms. The molecule has 0 fully saturated rings. The van der Waals surface area contributed by atoms with Crippen LogP contribution in [0.5, 0.6) is 5.75 Å². The number of sulfonamides is 1. The molecule has 6 nitrogen and oxygen atoms in total. The molecule has 0 radical (unpaired) electrons. The van der Waals surface area contributed by atoms with Gasteiger partial charge in [-0.3, -0.25) is 4.79 Å². The summed E-state index contributed by atoms with van der Waals surface area (Å²) in [5.74, 6) is 0.562. The fraction of sp³-hybridized carbons (Fsp3) is 0.316. The topological polar surface area (TPSA) is 84.5 Å². The zero-order valence-corrected chi connectivity index (χ0v) is 16.0. The molecule has 0 aliphatic carbocycles. The molecule has 0 unspecified atom stereocenters. The Hall–Kier alpha value is -2.38. The van der Waals surface area contributed by atoms with Crippen molar-refractivity contribution < 1.29 is 17.9 Å². The van der Waals surface area contributed by atoms with E-state index in [1.807, 2.05) is 32.0 Å². The van der Waals surface area contributed by atoms with Crippen molar-refractivity contribution in [2.24, 2.45) is 0 Å². The molecule has 140 valence electrons. The molecule has 0 saturated carbocycles. The summed E-state index contributed by atoms with van der Waals surface area (Å²) in [4.78, 5) is 12.2. The van der Waals surface area contributed by atoms with E-state index in [4.69, 9.17) is 4.74 Å². The second-order valence-electron chi connectivity index (χ2n) is 6.04. The van der Waals surface area contributed by atoms with Gasteiger partial charge in [-0.15, -0.1) is 0 Å². The number of ether oxygens (including phenoxy) is 1. The third-order valence-electron chi connectivity index (χ3n) is 3.91. The SMILES string of the molecule is COc1cc(CC(=O)NCCNS(=O)(=O)c2ccc(C)cc2)ccc1C. The standard InChI is InChI=1S/C19H24N2O4S/c1-14-4-8-17(9-5-14)26(23,24)21-11-10-20-19(22)13-16-7-6-15(2)18(12-16)25-3/h4-9,12,21H,10-11,13H2,1-3H3,(H,20,22). The van der Waals surface area contributed by atoms with E-state index in [9.17, 15) is 13.2 Å². The highest BCUT2D eigenvalue weighted by Gasteiger charge is 2.13. The summed E-state index contributed by atoms with van der Waals surface area (Å²) in [5.41, 5.74) is 2.83. The van der Waals surface area contributed by atoms with Crippen LogP contribution >= 0.6 is 0 Å². The summed E-state index contributed by atoms with van der Waals surface area (Å²) >= 11 is 0. The van der Waals surface area contributed by atoms with Gasteiger partial charge in [0.1, 0.15) is 5.75 Å². The van der Waals surface area contributed by atoms with Crippen molar-refractivity contribution in [1.82, 2.24) is 10.0 Å². The van der Waals surface area contributed by atoms with Gasteiger partial charge < -0.3 is 10.1 Å². The van der Waals surface area contributed by atoms with Crippen LogP contribution in [0, 0.1) is 13.8 Å². The predicted octanol–water partition coefficient (Wildman–Crippen LogP) is 1.95. The lowest BCUT2D eigenvalue weighted by atomic mass is 10.1. The van der Waals surface area contributed by atoms with Crippen molar-refractivity contribution in [2.75, 3.05) is 20.2 Å². The number of carbonyl (C=O) groups is 1. The van der Waals surface area contributed by atoms with Crippen molar-refractivity contribution in [2.45, 2.75) is 25.2 Å². The van der Waals surface area contributed by atoms with Crippen LogP contribution in [-0.2, 0) is 21.2 Å². The number of nitrogens with one attached hydrogen (secondary N) is 2. The third kappa shape index (κ3) is 5.57. The molecule has 0 saturated heterocycles. The van der Waals surface area contributed by atoms with E-state index in [2.05, 4.69) is 10.0 Å². The van der Waals surface area contributed by atoms with Gasteiger partial charge in [0.25, 0.3) is 0 Å². The van der Waals surface area contributed by atoms with E-state index in [1.165, 1.54) is 0 Å². The first-order chi connectivity index (χ1) is 12.3. The molecule has 1 amide bonds. The smallest absolute Gasteiger partial charge is 0.240 e. The Bertz CT molecular complexity index is 862. The fourth-order valence-electron chi connectivity index (χ4n) is 2.41. The van der Waals surface area contributed by atoms with Crippen molar-refractivity contribution in [3.63, 3.8) is 0 Å². The van der Waals surface area contributed by atoms with Crippen LogP contribution in [0.15, 0.2) is 47.4 Å². The highest BCUT2D eigenvalue weighted by atomic mass is 32.2. The molecule has 2 rings (SSSR count). The van der Waals surface area contributed by atoms with E-state index < -0.39 is 10.0 Å². The van der Waals surface area contributed by atoms with Gasteiger partial charge in [0.2, 0.25) is 15.9 Å². The summed E-state index contributed by atoms with van der Waals surface area (Å²) in [7, 11) is -1.98. The average Bonchev–Trinajstić information content (AvgIpc) is 2.61. The lowest BCUT2D eigenvalue weighted by Gasteiger charge is -2.10. The summed E-state index contributed by atoms with van der Waals surface area (Å²) in [6.07, 6.45) is 0.210. The monoisotopic (exact) mass is 376 g/mol. The number of benzene rings is 2. The Kier molecular flexibility index (Phi) is 6.76. The van der Waals surface area contributed by atoms with Crippen LogP contribution in [0.4, 0.5) is 0 Å². The summed E-state index contributed by atoms with van der Waals surface area (Å²) in [5, 5.41) is 2.71. The lowest BCUT2D eigenvalue weighted by Crippen LogP contribution is -2.35. The first-order valence-electron chi connectivity index (χ1n) is 8.28. The number of hydrogen-bond donors (Lipinski definition) is 2. The Labute approximate surface area is 154 Å². The molecule has 7 heteroatoms. The van der Waals surface area contributed by atoms with Crippen LogP contribution in [-0.4, -0.2) is 34.5 Å². The molecule has 0 aliphatic heterocycles. The number of aryl methyl sites for hydroxylation is 2. The molecule has 26 heavy (non-hydrogen) atoms. The van der Waals surface area contributed by atoms with Gasteiger partial charge in [-0.05, 0) is 43.2 Å². The molecule has 0 aromatic heterocycles. The van der Waals surface area contributed by atoms with Gasteiger partial charge in [-0.1, -0.05) is 29.8 Å². The zero-order valence-electron chi connectivity index (χ0n) is 15.2. The number of carbonyl (C=O) groups excluding carboxylic acids is 1. The summed E-state index contributed by atoms with van der Waals surface area (Å²) in [6.45, 7) is 4.16. The maximum Gasteiger partial charge on any atom is 0.240 e. The quantitative estimate of drug-likeness (QED) is 0.690. The average molecular weight is 376 g/mol. The van der Waals surface area contributed by atoms with E-state index in [0.717, 1.165) is 22.4 Å². The van der Waals surface area contributed by atoms with Gasteiger partial charge in [-0.2, -0.15) is 0 Å². The van der Waals surface area contributed by atoms with E-state index in [0.29, 0.717) is 0 Å². The lowest BCUT2D eigenvalue weighted by molar-refractivity contribution is -0.120. The number of rotatable bonds is 8. The number of amides is 1.